The minimum absolute atomic E-state index is 0.230. The van der Waals surface area contributed by atoms with Gasteiger partial charge in [-0.25, -0.2) is 4.98 Å². The number of ether oxygens (including phenoxy) is 1. The summed E-state index contributed by atoms with van der Waals surface area (Å²) in [5, 5.41) is 3.79. The van der Waals surface area contributed by atoms with Gasteiger partial charge in [-0.3, -0.25) is 9.59 Å². The van der Waals surface area contributed by atoms with Crippen LogP contribution in [0.5, 0.6) is 5.75 Å². The van der Waals surface area contributed by atoms with Crippen LogP contribution in [0.15, 0.2) is 59.5 Å². The normalized spacial score (nSPS) is 10.9. The van der Waals surface area contributed by atoms with Crippen LogP contribution >= 0.6 is 11.6 Å². The fraction of sp³-hybridized carbons (Fsp3) is 0.0500. The van der Waals surface area contributed by atoms with Crippen molar-refractivity contribution in [1.82, 2.24) is 9.97 Å². The highest BCUT2D eigenvalue weighted by Crippen LogP contribution is 2.27. The number of hydrogen-bond donors (Lipinski definition) is 2. The van der Waals surface area contributed by atoms with Crippen molar-refractivity contribution in [2.24, 2.45) is 0 Å². The van der Waals surface area contributed by atoms with Crippen LogP contribution in [0.3, 0.4) is 0 Å². The van der Waals surface area contributed by atoms with Gasteiger partial charge in [0.25, 0.3) is 5.91 Å². The van der Waals surface area contributed by atoms with Gasteiger partial charge in [0, 0.05) is 22.0 Å². The second kappa shape index (κ2) is 6.74. The van der Waals surface area contributed by atoms with Crippen LogP contribution in [0.2, 0.25) is 5.02 Å². The van der Waals surface area contributed by atoms with Gasteiger partial charge in [-0.05, 0) is 36.4 Å². The summed E-state index contributed by atoms with van der Waals surface area (Å²) < 4.78 is 5.34. The van der Waals surface area contributed by atoms with Crippen molar-refractivity contribution in [3.63, 3.8) is 0 Å². The molecule has 27 heavy (non-hydrogen) atoms. The third-order valence-corrected chi connectivity index (χ3v) is 4.46. The minimum Gasteiger partial charge on any atom is -0.495 e. The fourth-order valence-corrected chi connectivity index (χ4v) is 3.23. The Labute approximate surface area is 158 Å². The third kappa shape index (κ3) is 3.00. The number of carbonyl (C=O) groups is 1. The van der Waals surface area contributed by atoms with Gasteiger partial charge in [0.2, 0.25) is 0 Å². The number of rotatable bonds is 3. The molecule has 0 atom stereocenters. The molecule has 7 heteroatoms. The van der Waals surface area contributed by atoms with Crippen molar-refractivity contribution in [2.75, 3.05) is 12.4 Å². The Morgan fingerprint density at radius 2 is 1.96 bits per heavy atom. The zero-order chi connectivity index (χ0) is 19.0. The fourth-order valence-electron chi connectivity index (χ4n) is 3.01. The van der Waals surface area contributed by atoms with E-state index in [0.717, 1.165) is 0 Å². The van der Waals surface area contributed by atoms with Gasteiger partial charge in [0.05, 0.1) is 23.7 Å². The Bertz CT molecular complexity index is 1240. The number of aromatic amines is 1. The predicted molar refractivity (Wildman–Crippen MR) is 106 cm³/mol. The number of aromatic nitrogens is 2. The molecule has 6 nitrogen and oxygen atoms in total. The van der Waals surface area contributed by atoms with Crippen LogP contribution in [0.25, 0.3) is 21.8 Å². The first kappa shape index (κ1) is 17.1. The Balaban J connectivity index is 1.97. The SMILES string of the molecule is COc1cccc2c(=O)c3cc(Cl)cc(C(=O)Nc4ccccn4)c3[nH]c12. The number of nitrogens with zero attached hydrogens (tertiary/aromatic N) is 1. The molecule has 0 fully saturated rings. The Morgan fingerprint density at radius 1 is 1.11 bits per heavy atom. The first-order valence-corrected chi connectivity index (χ1v) is 8.51. The average Bonchev–Trinajstić information content (AvgIpc) is 2.68. The van der Waals surface area contributed by atoms with Gasteiger partial charge in [0.1, 0.15) is 11.6 Å². The summed E-state index contributed by atoms with van der Waals surface area (Å²) in [5.74, 6) is 0.486. The molecule has 1 amide bonds. The van der Waals surface area contributed by atoms with Gasteiger partial charge in [0.15, 0.2) is 5.43 Å². The molecule has 4 aromatic rings. The van der Waals surface area contributed by atoms with E-state index in [0.29, 0.717) is 38.4 Å². The Kier molecular flexibility index (Phi) is 4.25. The van der Waals surface area contributed by atoms with Crippen LogP contribution in [0.1, 0.15) is 10.4 Å². The van der Waals surface area contributed by atoms with Crippen molar-refractivity contribution >= 4 is 45.1 Å². The lowest BCUT2D eigenvalue weighted by molar-refractivity contribution is 0.102. The van der Waals surface area contributed by atoms with Crippen molar-refractivity contribution in [3.8, 4) is 5.75 Å². The van der Waals surface area contributed by atoms with Crippen LogP contribution in [0.4, 0.5) is 5.82 Å². The summed E-state index contributed by atoms with van der Waals surface area (Å²) in [4.78, 5) is 33.0. The second-order valence-electron chi connectivity index (χ2n) is 5.88. The third-order valence-electron chi connectivity index (χ3n) is 4.24. The molecule has 4 rings (SSSR count). The summed E-state index contributed by atoms with van der Waals surface area (Å²) in [7, 11) is 1.52. The summed E-state index contributed by atoms with van der Waals surface area (Å²) >= 11 is 6.18. The maximum atomic E-state index is 13.0. The van der Waals surface area contributed by atoms with Crippen molar-refractivity contribution in [1.29, 1.82) is 0 Å². The summed E-state index contributed by atoms with van der Waals surface area (Å²) in [6.45, 7) is 0. The van der Waals surface area contributed by atoms with Gasteiger partial charge in [-0.15, -0.1) is 0 Å². The smallest absolute Gasteiger partial charge is 0.259 e. The molecule has 0 aliphatic carbocycles. The molecule has 2 N–H and O–H groups in total. The number of anilines is 1. The van der Waals surface area contributed by atoms with Crippen molar-refractivity contribution < 1.29 is 9.53 Å². The molecular weight excluding hydrogens is 366 g/mol. The highest BCUT2D eigenvalue weighted by molar-refractivity contribution is 6.32. The highest BCUT2D eigenvalue weighted by atomic mass is 35.5. The predicted octanol–water partition coefficient (Wildman–Crippen LogP) is 3.99. The zero-order valence-electron chi connectivity index (χ0n) is 14.2. The summed E-state index contributed by atoms with van der Waals surface area (Å²) in [6.07, 6.45) is 1.58. The molecule has 0 saturated heterocycles. The van der Waals surface area contributed by atoms with Crippen molar-refractivity contribution in [3.05, 3.63) is 75.5 Å². The first-order valence-electron chi connectivity index (χ1n) is 8.13. The lowest BCUT2D eigenvalue weighted by Gasteiger charge is -2.11. The molecule has 0 aliphatic rings. The average molecular weight is 380 g/mol. The number of amides is 1. The molecule has 0 bridgehead atoms. The highest BCUT2D eigenvalue weighted by Gasteiger charge is 2.17. The monoisotopic (exact) mass is 379 g/mol. The number of carbonyl (C=O) groups excluding carboxylic acids is 1. The molecule has 0 unspecified atom stereocenters. The van der Waals surface area contributed by atoms with Crippen molar-refractivity contribution in [2.45, 2.75) is 0 Å². The van der Waals surface area contributed by atoms with E-state index in [9.17, 15) is 9.59 Å². The number of benzene rings is 2. The van der Waals surface area contributed by atoms with Crippen LogP contribution in [-0.4, -0.2) is 23.0 Å². The molecule has 0 radical (unpaired) electrons. The number of hydrogen-bond acceptors (Lipinski definition) is 4. The molecule has 0 spiro atoms. The van der Waals surface area contributed by atoms with E-state index in [4.69, 9.17) is 16.3 Å². The van der Waals surface area contributed by atoms with E-state index in [1.807, 2.05) is 0 Å². The molecular formula is C20H14ClN3O3. The zero-order valence-corrected chi connectivity index (χ0v) is 15.0. The number of fused-ring (bicyclic) bond motifs is 2. The largest absolute Gasteiger partial charge is 0.495 e. The van der Waals surface area contributed by atoms with E-state index in [2.05, 4.69) is 15.3 Å². The number of para-hydroxylation sites is 1. The lowest BCUT2D eigenvalue weighted by Crippen LogP contribution is -2.15. The van der Waals surface area contributed by atoms with Crippen LogP contribution < -0.4 is 15.5 Å². The number of nitrogens with one attached hydrogen (secondary N) is 2. The quantitative estimate of drug-likeness (QED) is 0.527. The topological polar surface area (TPSA) is 84.1 Å². The van der Waals surface area contributed by atoms with E-state index in [1.165, 1.54) is 13.2 Å². The Hall–Kier alpha value is -3.38. The number of pyridine rings is 2. The molecule has 0 saturated carbocycles. The van der Waals surface area contributed by atoms with E-state index < -0.39 is 5.91 Å². The summed E-state index contributed by atoms with van der Waals surface area (Å²) in [6, 6.07) is 13.4. The standard InChI is InChI=1S/C20H14ClN3O3/c1-27-15-6-4-5-12-18(15)24-17-13(19(12)25)9-11(21)10-14(17)20(26)23-16-7-2-3-8-22-16/h2-10H,1H3,(H,24,25)(H,22,23,26). The van der Waals surface area contributed by atoms with E-state index in [1.54, 1.807) is 48.7 Å². The molecule has 2 aromatic carbocycles. The Morgan fingerprint density at radius 3 is 2.70 bits per heavy atom. The van der Waals surface area contributed by atoms with Crippen LogP contribution in [0, 0.1) is 0 Å². The number of halogens is 1. The summed E-state index contributed by atoms with van der Waals surface area (Å²) in [5.41, 5.74) is 0.918. The van der Waals surface area contributed by atoms with Gasteiger partial charge < -0.3 is 15.0 Å². The maximum Gasteiger partial charge on any atom is 0.259 e. The van der Waals surface area contributed by atoms with Crippen LogP contribution in [-0.2, 0) is 0 Å². The van der Waals surface area contributed by atoms with Gasteiger partial charge in [-0.2, -0.15) is 0 Å². The maximum absolute atomic E-state index is 13.0. The minimum atomic E-state index is -0.425. The number of methoxy groups -OCH3 is 1. The first-order chi connectivity index (χ1) is 13.1. The van der Waals surface area contributed by atoms with E-state index in [-0.39, 0.29) is 11.0 Å². The van der Waals surface area contributed by atoms with Gasteiger partial charge >= 0.3 is 0 Å². The lowest BCUT2D eigenvalue weighted by atomic mass is 10.1. The van der Waals surface area contributed by atoms with Gasteiger partial charge in [-0.1, -0.05) is 23.7 Å². The second-order valence-corrected chi connectivity index (χ2v) is 6.32. The molecule has 2 aromatic heterocycles. The van der Waals surface area contributed by atoms with E-state index >= 15 is 0 Å². The molecule has 2 heterocycles. The number of H-pyrrole nitrogens is 1. The molecule has 0 aliphatic heterocycles. The molecule has 134 valence electrons.